The third-order valence-corrected chi connectivity index (χ3v) is 7.64. The first kappa shape index (κ1) is 32.7. The van der Waals surface area contributed by atoms with Gasteiger partial charge in [-0.15, -0.1) is 0 Å². The number of amides is 3. The Morgan fingerprint density at radius 3 is 2.03 bits per heavy atom. The van der Waals surface area contributed by atoms with Crippen molar-refractivity contribution in [2.75, 3.05) is 23.0 Å². The van der Waals surface area contributed by atoms with Gasteiger partial charge < -0.3 is 4.90 Å². The number of halogens is 6. The molecular weight excluding hydrogens is 552 g/mol. The molecule has 2 rings (SSSR count). The zero-order valence-corrected chi connectivity index (χ0v) is 22.7. The summed E-state index contributed by atoms with van der Waals surface area (Å²) >= 11 is 1.53. The first-order chi connectivity index (χ1) is 18.1. The van der Waals surface area contributed by atoms with Gasteiger partial charge in [0.2, 0.25) is 0 Å². The number of alkyl halides is 6. The number of carbonyl (C=O) groups is 2. The Labute approximate surface area is 227 Å². The van der Waals surface area contributed by atoms with Crippen LogP contribution in [0.2, 0.25) is 0 Å². The highest BCUT2D eigenvalue weighted by molar-refractivity contribution is 7.99. The Kier molecular flexibility index (Phi) is 11.5. The molecule has 1 aliphatic heterocycles. The average molecular weight is 586 g/mol. The van der Waals surface area contributed by atoms with Crippen LogP contribution in [0.3, 0.4) is 0 Å². The SMILES string of the molecule is CC1(C)C(=O)N(c2ccc([N+](=O)[O-])c(C(F)(F)F)c2)C(=O)N1CCCCCCCCCSCCCC(F)(F)F. The summed E-state index contributed by atoms with van der Waals surface area (Å²) < 4.78 is 76.5. The van der Waals surface area contributed by atoms with Gasteiger partial charge in [-0.05, 0) is 56.7 Å². The predicted molar refractivity (Wildman–Crippen MR) is 137 cm³/mol. The molecule has 1 aromatic carbocycles. The molecule has 1 heterocycles. The van der Waals surface area contributed by atoms with E-state index in [0.717, 1.165) is 50.3 Å². The lowest BCUT2D eigenvalue weighted by atomic mass is 10.0. The molecule has 14 heteroatoms. The number of anilines is 1. The number of urea groups is 1. The lowest BCUT2D eigenvalue weighted by molar-refractivity contribution is -0.388. The van der Waals surface area contributed by atoms with Gasteiger partial charge in [0.1, 0.15) is 11.1 Å². The van der Waals surface area contributed by atoms with Crippen LogP contribution in [-0.2, 0) is 11.0 Å². The molecule has 0 bridgehead atoms. The molecule has 220 valence electrons. The number of carbonyl (C=O) groups excluding carboxylic acids is 2. The molecular formula is C25H33F6N3O4S. The van der Waals surface area contributed by atoms with E-state index >= 15 is 0 Å². The number of imide groups is 1. The largest absolute Gasteiger partial charge is 0.423 e. The van der Waals surface area contributed by atoms with E-state index in [4.69, 9.17) is 0 Å². The Hall–Kier alpha value is -2.51. The van der Waals surface area contributed by atoms with E-state index < -0.39 is 52.4 Å². The topological polar surface area (TPSA) is 83.8 Å². The van der Waals surface area contributed by atoms with Crippen LogP contribution < -0.4 is 4.90 Å². The number of hydrogen-bond acceptors (Lipinski definition) is 5. The maximum absolute atomic E-state index is 13.4. The van der Waals surface area contributed by atoms with Crippen LogP contribution in [-0.4, -0.2) is 51.5 Å². The van der Waals surface area contributed by atoms with Gasteiger partial charge in [0.15, 0.2) is 0 Å². The highest BCUT2D eigenvalue weighted by atomic mass is 32.2. The molecule has 1 aromatic rings. The molecule has 0 radical (unpaired) electrons. The highest BCUT2D eigenvalue weighted by Crippen LogP contribution is 2.40. The summed E-state index contributed by atoms with van der Waals surface area (Å²) in [5.41, 5.74) is -4.38. The summed E-state index contributed by atoms with van der Waals surface area (Å²) in [5.74, 6) is 0.609. The second-order valence-electron chi connectivity index (χ2n) is 9.90. The first-order valence-electron chi connectivity index (χ1n) is 12.7. The van der Waals surface area contributed by atoms with Gasteiger partial charge in [-0.2, -0.15) is 38.1 Å². The fraction of sp³-hybridized carbons (Fsp3) is 0.680. The van der Waals surface area contributed by atoms with Crippen molar-refractivity contribution in [1.82, 2.24) is 4.90 Å². The second kappa shape index (κ2) is 13.7. The molecule has 0 unspecified atom stereocenters. The van der Waals surface area contributed by atoms with Crippen molar-refractivity contribution in [2.45, 2.75) is 89.5 Å². The molecule has 39 heavy (non-hydrogen) atoms. The standard InChI is InChI=1S/C25H33F6N3O4S/c1-23(2)21(35)33(18-11-12-20(34(37)38)19(17-18)25(29,30)31)22(36)32(23)14-8-6-4-3-5-7-9-15-39-16-10-13-24(26,27)28/h11-12,17H,3-10,13-16H2,1-2H3. The van der Waals surface area contributed by atoms with E-state index in [-0.39, 0.29) is 18.7 Å². The van der Waals surface area contributed by atoms with Crippen LogP contribution in [0.1, 0.15) is 77.2 Å². The molecule has 7 nitrogen and oxygen atoms in total. The van der Waals surface area contributed by atoms with Crippen molar-refractivity contribution >= 4 is 35.1 Å². The number of hydrogen-bond donors (Lipinski definition) is 0. The lowest BCUT2D eigenvalue weighted by Gasteiger charge is -2.27. The van der Waals surface area contributed by atoms with Crippen molar-refractivity contribution in [2.24, 2.45) is 0 Å². The van der Waals surface area contributed by atoms with E-state index in [9.17, 15) is 46.0 Å². The van der Waals surface area contributed by atoms with Gasteiger partial charge >= 0.3 is 18.4 Å². The fourth-order valence-electron chi connectivity index (χ4n) is 4.32. The molecule has 1 aliphatic rings. The Bertz CT molecular complexity index is 1020. The minimum atomic E-state index is -5.05. The molecule has 1 fully saturated rings. The van der Waals surface area contributed by atoms with Crippen molar-refractivity contribution in [1.29, 1.82) is 0 Å². The van der Waals surface area contributed by atoms with E-state index in [1.54, 1.807) is 0 Å². The minimum Gasteiger partial charge on any atom is -0.310 e. The van der Waals surface area contributed by atoms with Crippen LogP contribution in [0.25, 0.3) is 0 Å². The van der Waals surface area contributed by atoms with Crippen LogP contribution in [0.15, 0.2) is 18.2 Å². The number of nitro benzene ring substituents is 1. The molecule has 0 atom stereocenters. The smallest absolute Gasteiger partial charge is 0.310 e. The summed E-state index contributed by atoms with van der Waals surface area (Å²) in [5, 5.41) is 11.0. The summed E-state index contributed by atoms with van der Waals surface area (Å²) in [6.45, 7) is 3.23. The number of nitrogens with zero attached hydrogens (tertiary/aromatic N) is 3. The van der Waals surface area contributed by atoms with Crippen LogP contribution in [0.5, 0.6) is 0 Å². The van der Waals surface area contributed by atoms with E-state index in [1.165, 1.54) is 30.5 Å². The molecule has 0 aromatic heterocycles. The third-order valence-electron chi connectivity index (χ3n) is 6.48. The summed E-state index contributed by atoms with van der Waals surface area (Å²) in [4.78, 5) is 37.8. The molecule has 0 spiro atoms. The number of thioether (sulfide) groups is 1. The summed E-state index contributed by atoms with van der Waals surface area (Å²) in [7, 11) is 0. The normalized spacial score (nSPS) is 15.9. The summed E-state index contributed by atoms with van der Waals surface area (Å²) in [6, 6.07) is 1.28. The van der Waals surface area contributed by atoms with Gasteiger partial charge in [0.05, 0.1) is 10.6 Å². The van der Waals surface area contributed by atoms with Crippen molar-refractivity contribution in [3.05, 3.63) is 33.9 Å². The van der Waals surface area contributed by atoms with Crippen LogP contribution in [0, 0.1) is 10.1 Å². The van der Waals surface area contributed by atoms with Gasteiger partial charge in [-0.1, -0.05) is 32.1 Å². The highest BCUT2D eigenvalue weighted by Gasteiger charge is 2.52. The zero-order valence-electron chi connectivity index (χ0n) is 21.9. The first-order valence-corrected chi connectivity index (χ1v) is 13.9. The van der Waals surface area contributed by atoms with E-state index in [2.05, 4.69) is 0 Å². The van der Waals surface area contributed by atoms with Gasteiger partial charge in [0.25, 0.3) is 11.6 Å². The number of benzene rings is 1. The Balaban J connectivity index is 1.80. The zero-order chi connectivity index (χ0) is 29.4. The maximum Gasteiger partial charge on any atom is 0.423 e. The van der Waals surface area contributed by atoms with Gasteiger partial charge in [0, 0.05) is 19.0 Å². The Morgan fingerprint density at radius 1 is 0.897 bits per heavy atom. The minimum absolute atomic E-state index is 0.135. The third kappa shape index (κ3) is 9.28. The van der Waals surface area contributed by atoms with Crippen molar-refractivity contribution < 1.29 is 40.9 Å². The number of rotatable bonds is 15. The van der Waals surface area contributed by atoms with Crippen LogP contribution in [0.4, 0.5) is 42.5 Å². The maximum atomic E-state index is 13.4. The summed E-state index contributed by atoms with van der Waals surface area (Å²) in [6.07, 6.45) is -3.68. The van der Waals surface area contributed by atoms with Gasteiger partial charge in [-0.3, -0.25) is 14.9 Å². The second-order valence-corrected chi connectivity index (χ2v) is 11.1. The van der Waals surface area contributed by atoms with Gasteiger partial charge in [-0.25, -0.2) is 9.69 Å². The van der Waals surface area contributed by atoms with Crippen molar-refractivity contribution in [3.8, 4) is 0 Å². The van der Waals surface area contributed by atoms with E-state index in [0.29, 0.717) is 29.2 Å². The van der Waals surface area contributed by atoms with Crippen molar-refractivity contribution in [3.63, 3.8) is 0 Å². The number of nitro groups is 1. The molecule has 1 saturated heterocycles. The predicted octanol–water partition coefficient (Wildman–Crippen LogP) is 7.97. The monoisotopic (exact) mass is 585 g/mol. The Morgan fingerprint density at radius 2 is 1.46 bits per heavy atom. The van der Waals surface area contributed by atoms with Crippen LogP contribution >= 0.6 is 11.8 Å². The molecule has 3 amide bonds. The molecule has 0 saturated carbocycles. The quantitative estimate of drug-likeness (QED) is 0.0685. The molecule has 0 N–H and O–H groups in total. The lowest BCUT2D eigenvalue weighted by Crippen LogP contribution is -2.44. The van der Waals surface area contributed by atoms with E-state index in [1.807, 2.05) is 0 Å². The number of unbranched alkanes of at least 4 members (excludes halogenated alkanes) is 6. The fourth-order valence-corrected chi connectivity index (χ4v) is 5.28. The average Bonchev–Trinajstić information content (AvgIpc) is 2.99. The molecule has 0 aliphatic carbocycles.